The molecule has 0 bridgehead atoms. The van der Waals surface area contributed by atoms with Crippen LogP contribution in [-0.2, 0) is 4.79 Å². The molecule has 10 heavy (non-hydrogen) atoms. The largest absolute Gasteiger partial charge is 0.480 e. The second kappa shape index (κ2) is 2.23. The van der Waals surface area contributed by atoms with E-state index in [1.54, 1.807) is 6.92 Å². The van der Waals surface area contributed by atoms with Gasteiger partial charge in [-0.3, -0.25) is 4.79 Å². The van der Waals surface area contributed by atoms with Crippen LogP contribution in [0.15, 0.2) is 0 Å². The van der Waals surface area contributed by atoms with E-state index in [1.165, 1.54) is 0 Å². The summed E-state index contributed by atoms with van der Waals surface area (Å²) in [5.74, 6) is -0.252. The molecule has 0 aliphatic carbocycles. The molecule has 1 saturated heterocycles. The van der Waals surface area contributed by atoms with Crippen molar-refractivity contribution in [2.45, 2.75) is 25.8 Å². The maximum Gasteiger partial charge on any atom is 0.323 e. The zero-order valence-corrected chi connectivity index (χ0v) is 6.35. The van der Waals surface area contributed by atoms with E-state index in [0.717, 1.165) is 13.0 Å². The standard InChI is InChI=1S/C7H13NO2/c1-5-3-7(2,6(9)10)8-4-5/h5,8H,3-4H2,1-2H3,(H,9,10)/t5?,7-/m0/s1. The number of nitrogens with one attached hydrogen (secondary N) is 1. The first-order valence-electron chi connectivity index (χ1n) is 3.53. The van der Waals surface area contributed by atoms with E-state index in [-0.39, 0.29) is 0 Å². The zero-order chi connectivity index (χ0) is 7.78. The maximum atomic E-state index is 10.6. The fourth-order valence-electron chi connectivity index (χ4n) is 1.40. The van der Waals surface area contributed by atoms with Crippen LogP contribution in [0.2, 0.25) is 0 Å². The average molecular weight is 143 g/mol. The van der Waals surface area contributed by atoms with Crippen LogP contribution in [0.4, 0.5) is 0 Å². The van der Waals surface area contributed by atoms with Gasteiger partial charge in [-0.2, -0.15) is 0 Å². The smallest absolute Gasteiger partial charge is 0.323 e. The highest BCUT2D eigenvalue weighted by Gasteiger charge is 2.38. The topological polar surface area (TPSA) is 49.3 Å². The van der Waals surface area contributed by atoms with Crippen LogP contribution in [0.1, 0.15) is 20.3 Å². The molecule has 3 heteroatoms. The summed E-state index contributed by atoms with van der Waals surface area (Å²) in [6.07, 6.45) is 0.738. The molecule has 1 aliphatic rings. The molecule has 2 N–H and O–H groups in total. The third-order valence-corrected chi connectivity index (χ3v) is 2.07. The molecular formula is C7H13NO2. The normalized spacial score (nSPS) is 40.0. The van der Waals surface area contributed by atoms with Crippen LogP contribution in [0.25, 0.3) is 0 Å². The molecule has 3 nitrogen and oxygen atoms in total. The van der Waals surface area contributed by atoms with Gasteiger partial charge >= 0.3 is 5.97 Å². The van der Waals surface area contributed by atoms with Crippen LogP contribution < -0.4 is 5.32 Å². The van der Waals surface area contributed by atoms with Gasteiger partial charge in [-0.1, -0.05) is 6.92 Å². The fourth-order valence-corrected chi connectivity index (χ4v) is 1.40. The number of rotatable bonds is 1. The predicted molar refractivity (Wildman–Crippen MR) is 37.8 cm³/mol. The lowest BCUT2D eigenvalue weighted by atomic mass is 9.96. The first-order valence-corrected chi connectivity index (χ1v) is 3.53. The Bertz CT molecular complexity index is 158. The van der Waals surface area contributed by atoms with Crippen LogP contribution in [0.3, 0.4) is 0 Å². The Labute approximate surface area is 60.4 Å². The highest BCUT2D eigenvalue weighted by Crippen LogP contribution is 2.23. The van der Waals surface area contributed by atoms with Gasteiger partial charge in [0.05, 0.1) is 0 Å². The molecule has 0 aromatic rings. The van der Waals surface area contributed by atoms with Crippen molar-refractivity contribution < 1.29 is 9.90 Å². The monoisotopic (exact) mass is 143 g/mol. The molecule has 0 amide bonds. The van der Waals surface area contributed by atoms with Crippen molar-refractivity contribution in [1.82, 2.24) is 5.32 Å². The molecule has 0 radical (unpaired) electrons. The summed E-state index contributed by atoms with van der Waals surface area (Å²) in [6, 6.07) is 0. The summed E-state index contributed by atoms with van der Waals surface area (Å²) in [5, 5.41) is 11.7. The number of hydrogen-bond donors (Lipinski definition) is 2. The van der Waals surface area contributed by atoms with Gasteiger partial charge in [0.15, 0.2) is 0 Å². The molecule has 2 atom stereocenters. The number of carbonyl (C=O) groups is 1. The average Bonchev–Trinajstić information content (AvgIpc) is 2.13. The quantitative estimate of drug-likeness (QED) is 0.560. The van der Waals surface area contributed by atoms with E-state index in [4.69, 9.17) is 5.11 Å². The van der Waals surface area contributed by atoms with Crippen LogP contribution in [-0.4, -0.2) is 23.2 Å². The molecular weight excluding hydrogens is 130 g/mol. The number of carboxylic acid groups (broad SMARTS) is 1. The van der Waals surface area contributed by atoms with Gasteiger partial charge in [-0.25, -0.2) is 0 Å². The van der Waals surface area contributed by atoms with Gasteiger partial charge in [0.25, 0.3) is 0 Å². The Hall–Kier alpha value is -0.570. The van der Waals surface area contributed by atoms with Crippen molar-refractivity contribution in [2.75, 3.05) is 6.54 Å². The van der Waals surface area contributed by atoms with Gasteiger partial charge in [-0.05, 0) is 25.8 Å². The van der Waals surface area contributed by atoms with E-state index in [1.807, 2.05) is 0 Å². The Morgan fingerprint density at radius 3 is 2.60 bits per heavy atom. The van der Waals surface area contributed by atoms with Gasteiger partial charge in [0, 0.05) is 0 Å². The molecule has 1 fully saturated rings. The molecule has 0 aromatic heterocycles. The molecule has 1 heterocycles. The van der Waals surface area contributed by atoms with Crippen LogP contribution in [0, 0.1) is 5.92 Å². The highest BCUT2D eigenvalue weighted by molar-refractivity contribution is 5.78. The lowest BCUT2D eigenvalue weighted by Crippen LogP contribution is -2.44. The van der Waals surface area contributed by atoms with E-state index in [2.05, 4.69) is 12.2 Å². The third-order valence-electron chi connectivity index (χ3n) is 2.07. The molecule has 1 rings (SSSR count). The number of carboxylic acids is 1. The summed E-state index contributed by atoms with van der Waals surface area (Å²) < 4.78 is 0. The first-order chi connectivity index (χ1) is 4.54. The fraction of sp³-hybridized carbons (Fsp3) is 0.857. The Morgan fingerprint density at radius 1 is 1.80 bits per heavy atom. The SMILES string of the molecule is CC1CN[C@](C)(C(=O)O)C1. The molecule has 1 unspecified atom stereocenters. The van der Waals surface area contributed by atoms with Crippen molar-refractivity contribution >= 4 is 5.97 Å². The minimum Gasteiger partial charge on any atom is -0.480 e. The van der Waals surface area contributed by atoms with Crippen molar-refractivity contribution in [3.8, 4) is 0 Å². The Kier molecular flexibility index (Phi) is 1.68. The second-order valence-electron chi connectivity index (χ2n) is 3.33. The van der Waals surface area contributed by atoms with Crippen molar-refractivity contribution in [3.05, 3.63) is 0 Å². The molecule has 0 spiro atoms. The summed E-state index contributed by atoms with van der Waals surface area (Å²) in [6.45, 7) is 4.61. The van der Waals surface area contributed by atoms with Gasteiger partial charge < -0.3 is 10.4 Å². The first kappa shape index (κ1) is 7.54. The minimum atomic E-state index is -0.739. The molecule has 0 saturated carbocycles. The van der Waals surface area contributed by atoms with Crippen molar-refractivity contribution in [2.24, 2.45) is 5.92 Å². The van der Waals surface area contributed by atoms with E-state index >= 15 is 0 Å². The van der Waals surface area contributed by atoms with Crippen molar-refractivity contribution in [3.63, 3.8) is 0 Å². The van der Waals surface area contributed by atoms with Crippen LogP contribution >= 0.6 is 0 Å². The van der Waals surface area contributed by atoms with Crippen LogP contribution in [0.5, 0.6) is 0 Å². The zero-order valence-electron chi connectivity index (χ0n) is 6.35. The molecule has 0 aromatic carbocycles. The van der Waals surface area contributed by atoms with Gasteiger partial charge in [0.2, 0.25) is 0 Å². The summed E-state index contributed by atoms with van der Waals surface area (Å²) in [5.41, 5.74) is -0.667. The lowest BCUT2D eigenvalue weighted by molar-refractivity contribution is -0.143. The van der Waals surface area contributed by atoms with Crippen molar-refractivity contribution in [1.29, 1.82) is 0 Å². The third kappa shape index (κ3) is 1.14. The predicted octanol–water partition coefficient (Wildman–Crippen LogP) is 0.459. The van der Waals surface area contributed by atoms with E-state index in [0.29, 0.717) is 5.92 Å². The maximum absolute atomic E-state index is 10.6. The second-order valence-corrected chi connectivity index (χ2v) is 3.33. The van der Waals surface area contributed by atoms with Gasteiger partial charge in [-0.15, -0.1) is 0 Å². The summed E-state index contributed by atoms with van der Waals surface area (Å²) in [4.78, 5) is 10.6. The summed E-state index contributed by atoms with van der Waals surface area (Å²) >= 11 is 0. The Morgan fingerprint density at radius 2 is 2.40 bits per heavy atom. The van der Waals surface area contributed by atoms with E-state index in [9.17, 15) is 4.79 Å². The summed E-state index contributed by atoms with van der Waals surface area (Å²) in [7, 11) is 0. The van der Waals surface area contributed by atoms with E-state index < -0.39 is 11.5 Å². The number of hydrogen-bond acceptors (Lipinski definition) is 2. The minimum absolute atomic E-state index is 0.487. The highest BCUT2D eigenvalue weighted by atomic mass is 16.4. The molecule has 1 aliphatic heterocycles. The van der Waals surface area contributed by atoms with Gasteiger partial charge in [0.1, 0.15) is 5.54 Å². The lowest BCUT2D eigenvalue weighted by Gasteiger charge is -2.17. The Balaban J connectivity index is 2.63. The number of aliphatic carboxylic acids is 1. The molecule has 58 valence electrons.